The summed E-state index contributed by atoms with van der Waals surface area (Å²) in [4.78, 5) is 4.49. The molecule has 0 spiro atoms. The van der Waals surface area contributed by atoms with E-state index in [-0.39, 0.29) is 5.82 Å². The van der Waals surface area contributed by atoms with Gasteiger partial charge in [0, 0.05) is 38.4 Å². The van der Waals surface area contributed by atoms with Gasteiger partial charge in [-0.15, -0.1) is 0 Å². The van der Waals surface area contributed by atoms with Gasteiger partial charge in [-0.2, -0.15) is 0 Å². The summed E-state index contributed by atoms with van der Waals surface area (Å²) in [6.07, 6.45) is 2.13. The molecule has 0 bridgehead atoms. The Morgan fingerprint density at radius 2 is 1.64 bits per heavy atom. The molecule has 2 aromatic carbocycles. The van der Waals surface area contributed by atoms with Gasteiger partial charge in [-0.3, -0.25) is 0 Å². The maximum atomic E-state index is 13.0. The lowest BCUT2D eigenvalue weighted by Gasteiger charge is -2.37. The average molecular weight is 357 g/mol. The summed E-state index contributed by atoms with van der Waals surface area (Å²) < 4.78 is 13.0. The normalized spacial score (nSPS) is 14.4. The van der Waals surface area contributed by atoms with E-state index in [1.165, 1.54) is 17.7 Å². The molecule has 1 aliphatic heterocycles. The number of benzene rings is 2. The summed E-state index contributed by atoms with van der Waals surface area (Å²) in [6, 6.07) is 17.2. The Bertz CT molecular complexity index is 667. The van der Waals surface area contributed by atoms with Crippen LogP contribution in [-0.2, 0) is 6.42 Å². The number of rotatable bonds is 5. The van der Waals surface area contributed by atoms with Crippen molar-refractivity contribution in [2.24, 2.45) is 0 Å². The molecule has 3 rings (SSSR count). The molecule has 25 heavy (non-hydrogen) atoms. The Labute approximate surface area is 154 Å². The molecule has 0 saturated carbocycles. The third-order valence-corrected chi connectivity index (χ3v) is 4.92. The van der Waals surface area contributed by atoms with E-state index in [2.05, 4.69) is 39.4 Å². The average Bonchev–Trinajstić information content (AvgIpc) is 2.67. The molecule has 1 aliphatic rings. The molecule has 132 valence electrons. The summed E-state index contributed by atoms with van der Waals surface area (Å²) >= 11 is 5.52. The number of hydrogen-bond acceptors (Lipinski definition) is 2. The first-order valence-electron chi connectivity index (χ1n) is 8.79. The summed E-state index contributed by atoms with van der Waals surface area (Å²) in [7, 11) is 0. The molecule has 5 heteroatoms. The van der Waals surface area contributed by atoms with Crippen molar-refractivity contribution in [3.05, 3.63) is 66.0 Å². The van der Waals surface area contributed by atoms with Gasteiger partial charge < -0.3 is 15.1 Å². The third kappa shape index (κ3) is 5.16. The van der Waals surface area contributed by atoms with Crippen molar-refractivity contribution < 1.29 is 4.39 Å². The molecule has 3 nitrogen and oxygen atoms in total. The van der Waals surface area contributed by atoms with Crippen molar-refractivity contribution >= 4 is 23.0 Å². The number of halogens is 1. The molecule has 1 saturated heterocycles. The Morgan fingerprint density at radius 3 is 2.32 bits per heavy atom. The van der Waals surface area contributed by atoms with E-state index in [1.807, 2.05) is 18.2 Å². The Kier molecular flexibility index (Phi) is 6.23. The van der Waals surface area contributed by atoms with Gasteiger partial charge in [0.05, 0.1) is 0 Å². The Hall–Kier alpha value is -2.14. The van der Waals surface area contributed by atoms with E-state index in [0.717, 1.165) is 56.4 Å². The van der Waals surface area contributed by atoms with Crippen molar-refractivity contribution in [3.63, 3.8) is 0 Å². The number of piperazine rings is 1. The van der Waals surface area contributed by atoms with Crippen molar-refractivity contribution in [1.82, 2.24) is 10.2 Å². The molecular formula is C20H24FN3S. The summed E-state index contributed by atoms with van der Waals surface area (Å²) in [5, 5.41) is 4.21. The van der Waals surface area contributed by atoms with Crippen molar-refractivity contribution in [2.75, 3.05) is 37.6 Å². The standard InChI is InChI=1S/C20H24FN3S/c21-18-8-10-19(11-9-18)23-13-15-24(16-14-23)20(25)22-12-4-7-17-5-2-1-3-6-17/h1-3,5-6,8-11H,4,7,12-16H2,(H,22,25). The van der Waals surface area contributed by atoms with Gasteiger partial charge in [0.1, 0.15) is 5.82 Å². The smallest absolute Gasteiger partial charge is 0.169 e. The van der Waals surface area contributed by atoms with Crippen LogP contribution in [0.4, 0.5) is 10.1 Å². The monoisotopic (exact) mass is 357 g/mol. The zero-order valence-corrected chi connectivity index (χ0v) is 15.1. The number of aryl methyl sites for hydroxylation is 1. The molecule has 1 fully saturated rings. The second kappa shape index (κ2) is 8.81. The van der Waals surface area contributed by atoms with Crippen molar-refractivity contribution in [1.29, 1.82) is 0 Å². The number of anilines is 1. The first-order chi connectivity index (χ1) is 12.2. The fraction of sp³-hybridized carbons (Fsp3) is 0.350. The molecule has 0 amide bonds. The Morgan fingerprint density at radius 1 is 0.960 bits per heavy atom. The van der Waals surface area contributed by atoms with E-state index in [1.54, 1.807) is 0 Å². The second-order valence-corrected chi connectivity index (χ2v) is 6.66. The minimum atomic E-state index is -0.191. The predicted octanol–water partition coefficient (Wildman–Crippen LogP) is 3.46. The molecular weight excluding hydrogens is 333 g/mol. The van der Waals surface area contributed by atoms with Crippen LogP contribution in [0.1, 0.15) is 12.0 Å². The summed E-state index contributed by atoms with van der Waals surface area (Å²) in [5.41, 5.74) is 2.44. The second-order valence-electron chi connectivity index (χ2n) is 6.27. The van der Waals surface area contributed by atoms with Gasteiger partial charge in [-0.1, -0.05) is 30.3 Å². The predicted molar refractivity (Wildman–Crippen MR) is 106 cm³/mol. The zero-order chi connectivity index (χ0) is 17.5. The van der Waals surface area contributed by atoms with E-state index in [9.17, 15) is 4.39 Å². The minimum absolute atomic E-state index is 0.191. The highest BCUT2D eigenvalue weighted by atomic mass is 32.1. The summed E-state index contributed by atoms with van der Waals surface area (Å²) in [6.45, 7) is 4.48. The van der Waals surface area contributed by atoms with Crippen LogP contribution in [0, 0.1) is 5.82 Å². The molecule has 0 radical (unpaired) electrons. The van der Waals surface area contributed by atoms with Gasteiger partial charge in [0.15, 0.2) is 5.11 Å². The van der Waals surface area contributed by atoms with Gasteiger partial charge in [0.25, 0.3) is 0 Å². The van der Waals surface area contributed by atoms with Gasteiger partial charge in [0.2, 0.25) is 0 Å². The number of thiocarbonyl (C=S) groups is 1. The molecule has 0 atom stereocenters. The van der Waals surface area contributed by atoms with Crippen LogP contribution in [0.15, 0.2) is 54.6 Å². The lowest BCUT2D eigenvalue weighted by atomic mass is 10.1. The van der Waals surface area contributed by atoms with Crippen LogP contribution >= 0.6 is 12.2 Å². The van der Waals surface area contributed by atoms with E-state index < -0.39 is 0 Å². The molecule has 0 unspecified atom stereocenters. The highest BCUT2D eigenvalue weighted by Gasteiger charge is 2.18. The fourth-order valence-electron chi connectivity index (χ4n) is 3.06. The summed E-state index contributed by atoms with van der Waals surface area (Å²) in [5.74, 6) is -0.191. The lowest BCUT2D eigenvalue weighted by Crippen LogP contribution is -2.51. The SMILES string of the molecule is Fc1ccc(N2CCN(C(=S)NCCCc3ccccc3)CC2)cc1. The zero-order valence-electron chi connectivity index (χ0n) is 14.3. The maximum absolute atomic E-state index is 13.0. The van der Waals surface area contributed by atoms with Gasteiger partial charge in [-0.05, 0) is 54.9 Å². The van der Waals surface area contributed by atoms with Crippen LogP contribution in [0.2, 0.25) is 0 Å². The van der Waals surface area contributed by atoms with Crippen LogP contribution in [0.25, 0.3) is 0 Å². The number of nitrogens with one attached hydrogen (secondary N) is 1. The fourth-order valence-corrected chi connectivity index (χ4v) is 3.35. The van der Waals surface area contributed by atoms with E-state index >= 15 is 0 Å². The quantitative estimate of drug-likeness (QED) is 0.652. The van der Waals surface area contributed by atoms with Crippen LogP contribution < -0.4 is 10.2 Å². The Balaban J connectivity index is 1.37. The third-order valence-electron chi connectivity index (χ3n) is 4.52. The largest absolute Gasteiger partial charge is 0.368 e. The van der Waals surface area contributed by atoms with Crippen LogP contribution in [-0.4, -0.2) is 42.7 Å². The minimum Gasteiger partial charge on any atom is -0.368 e. The van der Waals surface area contributed by atoms with E-state index in [0.29, 0.717) is 0 Å². The first kappa shape index (κ1) is 17.7. The number of nitrogens with zero attached hydrogens (tertiary/aromatic N) is 2. The van der Waals surface area contributed by atoms with Gasteiger partial charge in [-0.25, -0.2) is 4.39 Å². The topological polar surface area (TPSA) is 18.5 Å². The molecule has 0 aliphatic carbocycles. The van der Waals surface area contributed by atoms with E-state index in [4.69, 9.17) is 12.2 Å². The molecule has 1 N–H and O–H groups in total. The van der Waals surface area contributed by atoms with Crippen molar-refractivity contribution in [2.45, 2.75) is 12.8 Å². The molecule has 0 aromatic heterocycles. The van der Waals surface area contributed by atoms with Gasteiger partial charge >= 0.3 is 0 Å². The van der Waals surface area contributed by atoms with Crippen molar-refractivity contribution in [3.8, 4) is 0 Å². The molecule has 1 heterocycles. The first-order valence-corrected chi connectivity index (χ1v) is 9.20. The molecule has 2 aromatic rings. The highest BCUT2D eigenvalue weighted by molar-refractivity contribution is 7.80. The lowest BCUT2D eigenvalue weighted by molar-refractivity contribution is 0.380. The number of hydrogen-bond donors (Lipinski definition) is 1. The van der Waals surface area contributed by atoms with Crippen LogP contribution in [0.3, 0.4) is 0 Å². The van der Waals surface area contributed by atoms with Crippen LogP contribution in [0.5, 0.6) is 0 Å². The maximum Gasteiger partial charge on any atom is 0.169 e. The highest BCUT2D eigenvalue weighted by Crippen LogP contribution is 2.16.